The summed E-state index contributed by atoms with van der Waals surface area (Å²) in [7, 11) is 0. The average molecular weight is 267 g/mol. The topological polar surface area (TPSA) is 38.3 Å². The molecule has 0 aliphatic carbocycles. The Balaban J connectivity index is 1.84. The van der Waals surface area contributed by atoms with Crippen molar-refractivity contribution in [3.8, 4) is 5.75 Å². The summed E-state index contributed by atoms with van der Waals surface area (Å²) in [5.41, 5.74) is 2.81. The van der Waals surface area contributed by atoms with Gasteiger partial charge in [-0.3, -0.25) is 4.79 Å². The Kier molecular flexibility index (Phi) is 3.42. The van der Waals surface area contributed by atoms with Crippen molar-refractivity contribution >= 4 is 11.5 Å². The Bertz CT molecular complexity index is 619. The summed E-state index contributed by atoms with van der Waals surface area (Å²) < 4.78 is 5.44. The Morgan fingerprint density at radius 1 is 1.15 bits per heavy atom. The first-order valence-electron chi connectivity index (χ1n) is 6.89. The van der Waals surface area contributed by atoms with Gasteiger partial charge in [0, 0.05) is 17.7 Å². The minimum atomic E-state index is 0.0353. The van der Waals surface area contributed by atoms with E-state index in [0.717, 1.165) is 22.6 Å². The number of nitrogens with one attached hydrogen (secondary N) is 1. The average Bonchev–Trinajstić information content (AvgIpc) is 2.48. The lowest BCUT2D eigenvalue weighted by molar-refractivity contribution is 0.0972. The fourth-order valence-electron chi connectivity index (χ4n) is 2.55. The number of carbonyl (C=O) groups excluding carboxylic acids is 1. The van der Waals surface area contributed by atoms with E-state index in [1.807, 2.05) is 55.5 Å². The molecule has 0 radical (unpaired) electrons. The number of hydrogen-bond donors (Lipinski definition) is 1. The molecule has 3 nitrogen and oxygen atoms in total. The highest BCUT2D eigenvalue weighted by molar-refractivity contribution is 6.03. The zero-order valence-electron chi connectivity index (χ0n) is 11.4. The lowest BCUT2D eigenvalue weighted by Gasteiger charge is -2.26. The van der Waals surface area contributed by atoms with Crippen LogP contribution >= 0.6 is 0 Å². The monoisotopic (exact) mass is 267 g/mol. The first-order chi connectivity index (χ1) is 9.78. The maximum Gasteiger partial charge on any atom is 0.167 e. The smallest absolute Gasteiger partial charge is 0.167 e. The van der Waals surface area contributed by atoms with Crippen molar-refractivity contribution in [3.63, 3.8) is 0 Å². The zero-order valence-corrected chi connectivity index (χ0v) is 11.4. The van der Waals surface area contributed by atoms with E-state index in [2.05, 4.69) is 5.32 Å². The minimum Gasteiger partial charge on any atom is -0.494 e. The van der Waals surface area contributed by atoms with Crippen molar-refractivity contribution in [2.24, 2.45) is 0 Å². The number of ketones is 1. The van der Waals surface area contributed by atoms with E-state index in [4.69, 9.17) is 4.74 Å². The van der Waals surface area contributed by atoms with Gasteiger partial charge in [-0.25, -0.2) is 0 Å². The molecule has 3 heteroatoms. The SMILES string of the molecule is CCOc1ccc([C@H]2CC(=O)c3ccccc3N2)cc1. The van der Waals surface area contributed by atoms with Gasteiger partial charge in [-0.1, -0.05) is 24.3 Å². The fourth-order valence-corrected chi connectivity index (χ4v) is 2.55. The molecule has 0 amide bonds. The van der Waals surface area contributed by atoms with Gasteiger partial charge < -0.3 is 10.1 Å². The summed E-state index contributed by atoms with van der Waals surface area (Å²) in [6.45, 7) is 2.62. The van der Waals surface area contributed by atoms with Crippen molar-refractivity contribution < 1.29 is 9.53 Å². The molecule has 0 saturated carbocycles. The second-order valence-electron chi connectivity index (χ2n) is 4.87. The number of ether oxygens (including phenoxy) is 1. The Morgan fingerprint density at radius 2 is 1.90 bits per heavy atom. The van der Waals surface area contributed by atoms with Crippen LogP contribution < -0.4 is 10.1 Å². The molecule has 0 spiro atoms. The molecule has 3 rings (SSSR count). The molecule has 2 aromatic rings. The van der Waals surface area contributed by atoms with Crippen LogP contribution in [0.25, 0.3) is 0 Å². The lowest BCUT2D eigenvalue weighted by Crippen LogP contribution is -2.22. The predicted molar refractivity (Wildman–Crippen MR) is 79.4 cm³/mol. The van der Waals surface area contributed by atoms with Crippen LogP contribution in [0.15, 0.2) is 48.5 Å². The molecule has 0 aromatic heterocycles. The largest absolute Gasteiger partial charge is 0.494 e. The molecule has 0 unspecified atom stereocenters. The Labute approximate surface area is 118 Å². The van der Waals surface area contributed by atoms with Crippen LogP contribution in [0, 0.1) is 0 Å². The van der Waals surface area contributed by atoms with E-state index in [0.29, 0.717) is 13.0 Å². The zero-order chi connectivity index (χ0) is 13.9. The van der Waals surface area contributed by atoms with Gasteiger partial charge in [0.15, 0.2) is 5.78 Å². The van der Waals surface area contributed by atoms with Crippen LogP contribution in [0.2, 0.25) is 0 Å². The van der Waals surface area contributed by atoms with Crippen LogP contribution in [0.5, 0.6) is 5.75 Å². The van der Waals surface area contributed by atoms with Crippen LogP contribution in [0.3, 0.4) is 0 Å². The van der Waals surface area contributed by atoms with Gasteiger partial charge in [0.05, 0.1) is 12.6 Å². The van der Waals surface area contributed by atoms with Gasteiger partial charge in [0.2, 0.25) is 0 Å². The number of carbonyl (C=O) groups is 1. The number of fused-ring (bicyclic) bond motifs is 1. The van der Waals surface area contributed by atoms with Gasteiger partial charge in [-0.2, -0.15) is 0 Å². The molecule has 102 valence electrons. The second kappa shape index (κ2) is 5.37. The maximum absolute atomic E-state index is 12.2. The summed E-state index contributed by atoms with van der Waals surface area (Å²) in [5.74, 6) is 1.05. The summed E-state index contributed by atoms with van der Waals surface area (Å²) in [5, 5.41) is 3.43. The molecule has 1 N–H and O–H groups in total. The van der Waals surface area contributed by atoms with E-state index in [9.17, 15) is 4.79 Å². The third-order valence-electron chi connectivity index (χ3n) is 3.54. The van der Waals surface area contributed by atoms with E-state index in [1.165, 1.54) is 0 Å². The molecule has 1 atom stereocenters. The number of rotatable bonds is 3. The highest BCUT2D eigenvalue weighted by Crippen LogP contribution is 2.32. The number of anilines is 1. The molecular formula is C17H17NO2. The van der Waals surface area contributed by atoms with Crippen molar-refractivity contribution in [2.75, 3.05) is 11.9 Å². The molecule has 1 aliphatic rings. The van der Waals surface area contributed by atoms with Crippen LogP contribution in [-0.4, -0.2) is 12.4 Å². The van der Waals surface area contributed by atoms with Gasteiger partial charge in [0.1, 0.15) is 5.75 Å². The predicted octanol–water partition coefficient (Wildman–Crippen LogP) is 3.82. The molecular weight excluding hydrogens is 250 g/mol. The van der Waals surface area contributed by atoms with E-state index < -0.39 is 0 Å². The van der Waals surface area contributed by atoms with Gasteiger partial charge in [0.25, 0.3) is 0 Å². The van der Waals surface area contributed by atoms with E-state index in [1.54, 1.807) is 0 Å². The normalized spacial score (nSPS) is 17.2. The molecule has 1 heterocycles. The first-order valence-corrected chi connectivity index (χ1v) is 6.89. The second-order valence-corrected chi connectivity index (χ2v) is 4.87. The number of benzene rings is 2. The first kappa shape index (κ1) is 12.7. The Hall–Kier alpha value is -2.29. The summed E-state index contributed by atoms with van der Waals surface area (Å²) >= 11 is 0. The van der Waals surface area contributed by atoms with Crippen LogP contribution in [-0.2, 0) is 0 Å². The summed E-state index contributed by atoms with van der Waals surface area (Å²) in [6, 6.07) is 15.6. The number of Topliss-reactive ketones (excluding diaryl/α,β-unsaturated/α-hetero) is 1. The third kappa shape index (κ3) is 2.39. The van der Waals surface area contributed by atoms with E-state index >= 15 is 0 Å². The van der Waals surface area contributed by atoms with Crippen molar-refractivity contribution in [1.82, 2.24) is 0 Å². The van der Waals surface area contributed by atoms with E-state index in [-0.39, 0.29) is 11.8 Å². The molecule has 2 aromatic carbocycles. The molecule has 0 saturated heterocycles. The Morgan fingerprint density at radius 3 is 2.65 bits per heavy atom. The fraction of sp³-hybridized carbons (Fsp3) is 0.235. The van der Waals surface area contributed by atoms with Crippen LogP contribution in [0.4, 0.5) is 5.69 Å². The summed E-state index contributed by atoms with van der Waals surface area (Å²) in [4.78, 5) is 12.2. The minimum absolute atomic E-state index is 0.0353. The number of hydrogen-bond acceptors (Lipinski definition) is 3. The molecule has 20 heavy (non-hydrogen) atoms. The van der Waals surface area contributed by atoms with Crippen molar-refractivity contribution in [1.29, 1.82) is 0 Å². The lowest BCUT2D eigenvalue weighted by atomic mass is 9.92. The van der Waals surface area contributed by atoms with Gasteiger partial charge in [-0.05, 0) is 36.8 Å². The van der Waals surface area contributed by atoms with Gasteiger partial charge in [-0.15, -0.1) is 0 Å². The maximum atomic E-state index is 12.2. The third-order valence-corrected chi connectivity index (χ3v) is 3.54. The van der Waals surface area contributed by atoms with Crippen LogP contribution in [0.1, 0.15) is 35.3 Å². The standard InChI is InChI=1S/C17H17NO2/c1-2-20-13-9-7-12(8-10-13)16-11-17(19)14-5-3-4-6-15(14)18-16/h3-10,16,18H,2,11H2,1H3/t16-/m1/s1. The van der Waals surface area contributed by atoms with Gasteiger partial charge >= 0.3 is 0 Å². The quantitative estimate of drug-likeness (QED) is 0.918. The molecule has 0 bridgehead atoms. The molecule has 0 fully saturated rings. The van der Waals surface area contributed by atoms with Crippen molar-refractivity contribution in [2.45, 2.75) is 19.4 Å². The highest BCUT2D eigenvalue weighted by Gasteiger charge is 2.24. The molecule has 1 aliphatic heterocycles. The number of para-hydroxylation sites is 1. The highest BCUT2D eigenvalue weighted by atomic mass is 16.5. The summed E-state index contributed by atoms with van der Waals surface area (Å²) in [6.07, 6.45) is 0.491. The van der Waals surface area contributed by atoms with Crippen molar-refractivity contribution in [3.05, 3.63) is 59.7 Å².